The molecule has 0 saturated carbocycles. The maximum atomic E-state index is 2.41. The van der Waals surface area contributed by atoms with Gasteiger partial charge in [-0.3, -0.25) is 0 Å². The number of anilines is 6. The summed E-state index contributed by atoms with van der Waals surface area (Å²) in [5, 5.41) is 0. The van der Waals surface area contributed by atoms with Crippen molar-refractivity contribution >= 4 is 34.1 Å². The lowest BCUT2D eigenvalue weighted by Crippen LogP contribution is -2.16. The predicted molar refractivity (Wildman–Crippen MR) is 301 cm³/mol. The molecule has 0 radical (unpaired) electrons. The molecule has 0 spiro atoms. The average Bonchev–Trinajstić information content (AvgIpc) is 3.67. The van der Waals surface area contributed by atoms with E-state index in [1.807, 2.05) is 0 Å². The zero-order chi connectivity index (χ0) is 47.7. The Kier molecular flexibility index (Phi) is 11.3. The van der Waals surface area contributed by atoms with Gasteiger partial charge in [-0.2, -0.15) is 0 Å². The molecular formula is C69H52N2. The first-order valence-corrected chi connectivity index (χ1v) is 24.6. The van der Waals surface area contributed by atoms with Crippen LogP contribution in [0.2, 0.25) is 0 Å². The molecule has 0 aliphatic heterocycles. The second-order valence-electron chi connectivity index (χ2n) is 19.0. The van der Waals surface area contributed by atoms with Crippen molar-refractivity contribution in [2.75, 3.05) is 9.80 Å². The maximum absolute atomic E-state index is 2.41. The van der Waals surface area contributed by atoms with E-state index < -0.39 is 0 Å². The van der Waals surface area contributed by atoms with Crippen LogP contribution in [0.1, 0.15) is 25.0 Å². The topological polar surface area (TPSA) is 6.48 Å². The van der Waals surface area contributed by atoms with Crippen molar-refractivity contribution in [1.82, 2.24) is 0 Å². The fourth-order valence-electron chi connectivity index (χ4n) is 10.5. The highest BCUT2D eigenvalue weighted by atomic mass is 15.1. The summed E-state index contributed by atoms with van der Waals surface area (Å²) < 4.78 is 0. The third kappa shape index (κ3) is 8.41. The molecule has 2 heteroatoms. The SMILES string of the molecule is CC1(C)c2ccccc2-c2ccc(N(c3ccc(-c4ccccc4)cc3)c3ccc(-c4ccc(N(c5ccc(-c6ccccc6)cc5)c5ccc(-c6cccc(-c7ccccc7)c6)cc5)cc4)cc3)cc21. The molecule has 11 aromatic rings. The molecular weight excluding hydrogens is 857 g/mol. The Morgan fingerprint density at radius 3 is 0.901 bits per heavy atom. The van der Waals surface area contributed by atoms with Crippen LogP contribution in [-0.4, -0.2) is 0 Å². The first-order chi connectivity index (χ1) is 34.9. The van der Waals surface area contributed by atoms with Crippen LogP contribution in [0.25, 0.3) is 66.8 Å². The number of hydrogen-bond acceptors (Lipinski definition) is 2. The van der Waals surface area contributed by atoms with E-state index in [1.54, 1.807) is 0 Å². The molecule has 0 N–H and O–H groups in total. The van der Waals surface area contributed by atoms with E-state index in [0.717, 1.165) is 45.3 Å². The number of hydrogen-bond donors (Lipinski definition) is 0. The second-order valence-corrected chi connectivity index (χ2v) is 19.0. The maximum Gasteiger partial charge on any atom is 0.0465 e. The number of benzene rings is 11. The summed E-state index contributed by atoms with van der Waals surface area (Å²) in [4.78, 5) is 4.75. The lowest BCUT2D eigenvalue weighted by Gasteiger charge is -2.28. The van der Waals surface area contributed by atoms with Crippen LogP contribution in [0, 0.1) is 0 Å². The van der Waals surface area contributed by atoms with Gasteiger partial charge in [0.05, 0.1) is 0 Å². The van der Waals surface area contributed by atoms with Gasteiger partial charge in [0, 0.05) is 39.5 Å². The summed E-state index contributed by atoms with van der Waals surface area (Å²) in [6, 6.07) is 101. The highest BCUT2D eigenvalue weighted by molar-refractivity contribution is 5.87. The number of nitrogens with zero attached hydrogens (tertiary/aromatic N) is 2. The van der Waals surface area contributed by atoms with Gasteiger partial charge in [-0.05, 0) is 157 Å². The van der Waals surface area contributed by atoms with Gasteiger partial charge in [0.2, 0.25) is 0 Å². The van der Waals surface area contributed by atoms with Gasteiger partial charge in [0.15, 0.2) is 0 Å². The van der Waals surface area contributed by atoms with E-state index in [-0.39, 0.29) is 5.41 Å². The van der Waals surface area contributed by atoms with E-state index in [9.17, 15) is 0 Å². The summed E-state index contributed by atoms with van der Waals surface area (Å²) in [6.07, 6.45) is 0. The van der Waals surface area contributed by atoms with Gasteiger partial charge in [0.1, 0.15) is 0 Å². The standard InChI is InChI=1S/C69H52N2/c1-69(2)67-24-13-12-23-65(67)66-46-45-64(48-68(66)69)71(62-39-27-53(28-40-62)50-17-8-4-9-18-50)63-41-31-55(32-42-63)54-29-37-60(38-30-54)70(59-35-25-52(26-36-59)49-15-6-3-7-16-49)61-43-33-56(34-44-61)58-22-14-21-57(47-58)51-19-10-5-11-20-51/h3-48H,1-2H3. The molecule has 2 nitrogen and oxygen atoms in total. The van der Waals surface area contributed by atoms with Crippen LogP contribution in [0.4, 0.5) is 34.1 Å². The van der Waals surface area contributed by atoms with Crippen molar-refractivity contribution in [2.45, 2.75) is 19.3 Å². The van der Waals surface area contributed by atoms with Crippen LogP contribution in [0.3, 0.4) is 0 Å². The van der Waals surface area contributed by atoms with Crippen molar-refractivity contribution in [3.8, 4) is 66.8 Å². The Morgan fingerprint density at radius 2 is 0.493 bits per heavy atom. The van der Waals surface area contributed by atoms with Gasteiger partial charge < -0.3 is 9.80 Å². The molecule has 0 atom stereocenters. The fraction of sp³-hybridized carbons (Fsp3) is 0.0435. The average molecular weight is 909 g/mol. The molecule has 0 amide bonds. The molecule has 0 bridgehead atoms. The molecule has 11 aromatic carbocycles. The van der Waals surface area contributed by atoms with E-state index in [0.29, 0.717) is 0 Å². The van der Waals surface area contributed by atoms with Crippen LogP contribution < -0.4 is 9.80 Å². The van der Waals surface area contributed by atoms with E-state index in [4.69, 9.17) is 0 Å². The largest absolute Gasteiger partial charge is 0.311 e. The summed E-state index contributed by atoms with van der Waals surface area (Å²) in [5.74, 6) is 0. The Bertz CT molecular complexity index is 3600. The minimum absolute atomic E-state index is 0.110. The van der Waals surface area contributed by atoms with E-state index in [2.05, 4.69) is 303 Å². The highest BCUT2D eigenvalue weighted by Crippen LogP contribution is 2.51. The molecule has 71 heavy (non-hydrogen) atoms. The van der Waals surface area contributed by atoms with E-state index >= 15 is 0 Å². The second kappa shape index (κ2) is 18.5. The fourth-order valence-corrected chi connectivity index (χ4v) is 10.5. The van der Waals surface area contributed by atoms with Crippen molar-refractivity contribution in [3.63, 3.8) is 0 Å². The predicted octanol–water partition coefficient (Wildman–Crippen LogP) is 19.3. The van der Waals surface area contributed by atoms with Gasteiger partial charge in [-0.25, -0.2) is 0 Å². The Labute approximate surface area is 418 Å². The Morgan fingerprint density at radius 1 is 0.211 bits per heavy atom. The van der Waals surface area contributed by atoms with Gasteiger partial charge in [-0.1, -0.05) is 214 Å². The monoisotopic (exact) mass is 908 g/mol. The van der Waals surface area contributed by atoms with Crippen LogP contribution in [0.5, 0.6) is 0 Å². The summed E-state index contributed by atoms with van der Waals surface area (Å²) in [5.41, 5.74) is 23.8. The lowest BCUT2D eigenvalue weighted by atomic mass is 9.82. The third-order valence-electron chi connectivity index (χ3n) is 14.3. The number of rotatable bonds is 11. The first-order valence-electron chi connectivity index (χ1n) is 24.6. The van der Waals surface area contributed by atoms with Gasteiger partial charge in [0.25, 0.3) is 0 Å². The highest BCUT2D eigenvalue weighted by Gasteiger charge is 2.35. The zero-order valence-corrected chi connectivity index (χ0v) is 40.0. The molecule has 0 unspecified atom stereocenters. The summed E-state index contributed by atoms with van der Waals surface area (Å²) >= 11 is 0. The minimum Gasteiger partial charge on any atom is -0.311 e. The van der Waals surface area contributed by atoms with Crippen molar-refractivity contribution in [3.05, 3.63) is 290 Å². The Hall–Kier alpha value is -8.98. The molecule has 0 saturated heterocycles. The van der Waals surface area contributed by atoms with E-state index in [1.165, 1.54) is 66.8 Å². The van der Waals surface area contributed by atoms with Crippen LogP contribution in [-0.2, 0) is 5.41 Å². The summed E-state index contributed by atoms with van der Waals surface area (Å²) in [7, 11) is 0. The normalized spacial score (nSPS) is 12.2. The van der Waals surface area contributed by atoms with Crippen molar-refractivity contribution in [1.29, 1.82) is 0 Å². The molecule has 0 fully saturated rings. The smallest absolute Gasteiger partial charge is 0.0465 e. The van der Waals surface area contributed by atoms with Crippen molar-refractivity contribution < 1.29 is 0 Å². The quantitative estimate of drug-likeness (QED) is 0.128. The van der Waals surface area contributed by atoms with Gasteiger partial charge >= 0.3 is 0 Å². The third-order valence-corrected chi connectivity index (χ3v) is 14.3. The van der Waals surface area contributed by atoms with Crippen LogP contribution >= 0.6 is 0 Å². The number of fused-ring (bicyclic) bond motifs is 3. The minimum atomic E-state index is -0.110. The first kappa shape index (κ1) is 43.3. The molecule has 1 aliphatic rings. The molecule has 338 valence electrons. The summed E-state index contributed by atoms with van der Waals surface area (Å²) in [6.45, 7) is 4.70. The van der Waals surface area contributed by atoms with Crippen LogP contribution in [0.15, 0.2) is 279 Å². The van der Waals surface area contributed by atoms with Crippen molar-refractivity contribution in [2.24, 2.45) is 0 Å². The molecule has 1 aliphatic carbocycles. The zero-order valence-electron chi connectivity index (χ0n) is 40.0. The molecule has 12 rings (SSSR count). The van der Waals surface area contributed by atoms with Gasteiger partial charge in [-0.15, -0.1) is 0 Å². The molecule has 0 heterocycles. The molecule has 0 aromatic heterocycles. The lowest BCUT2D eigenvalue weighted by molar-refractivity contribution is 0.660. The Balaban J connectivity index is 0.871.